The van der Waals surface area contributed by atoms with Gasteiger partial charge in [-0.25, -0.2) is 9.45 Å². The Kier molecular flexibility index (Phi) is 1.48. The number of hydrogen-bond donors (Lipinski definition) is 0. The fourth-order valence-electron chi connectivity index (χ4n) is 1.82. The van der Waals surface area contributed by atoms with Crippen molar-refractivity contribution in [1.82, 2.24) is 5.06 Å². The maximum Gasteiger partial charge on any atom is 0.252 e. The third-order valence-corrected chi connectivity index (χ3v) is 2.68. The molecule has 2 rings (SSSR count). The Labute approximate surface area is 119 Å². The topological polar surface area (TPSA) is 29.5 Å². The van der Waals surface area contributed by atoms with E-state index in [1.54, 1.807) is 0 Å². The average molecular weight is 260 g/mol. The van der Waals surface area contributed by atoms with Crippen LogP contribution < -0.4 is 0 Å². The molecule has 1 aliphatic rings. The third kappa shape index (κ3) is 2.53. The summed E-state index contributed by atoms with van der Waals surface area (Å²) in [5, 5.41) is 0.498. The van der Waals surface area contributed by atoms with E-state index in [2.05, 4.69) is 0 Å². The Morgan fingerprint density at radius 1 is 1.44 bits per heavy atom. The molecule has 18 heavy (non-hydrogen) atoms. The van der Waals surface area contributed by atoms with Gasteiger partial charge in [0.15, 0.2) is 0 Å². The molecule has 1 heterocycles. The van der Waals surface area contributed by atoms with Crippen LogP contribution in [0, 0.1) is 11.2 Å². The van der Waals surface area contributed by atoms with Crippen molar-refractivity contribution in [3.63, 3.8) is 0 Å². The lowest BCUT2D eigenvalue weighted by atomic mass is 9.94. The molecule has 1 fully saturated rings. The van der Waals surface area contributed by atoms with Crippen molar-refractivity contribution in [2.45, 2.75) is 33.0 Å². The lowest BCUT2D eigenvalue weighted by molar-refractivity contribution is -0.186. The Morgan fingerprint density at radius 3 is 2.72 bits per heavy atom. The number of nitrogens with zero attached hydrogens (tertiary/aromatic N) is 1. The number of amides is 1. The van der Waals surface area contributed by atoms with Crippen LogP contribution in [-0.4, -0.2) is 17.6 Å². The number of halogens is 1. The van der Waals surface area contributed by atoms with E-state index in [-0.39, 0.29) is 13.0 Å². The highest BCUT2D eigenvalue weighted by Crippen LogP contribution is 2.33. The SMILES string of the molecule is [2H]C([2H])([2H])C(C(=O)N1OCC[C@H]1c1ccc(F)cc1)(C([2H])([2H])[2H])C([2H])([2H])[2H]. The molecule has 0 spiro atoms. The first-order chi connectivity index (χ1) is 12.1. The minimum atomic E-state index is -3.67. The fraction of sp³-hybridized carbons (Fsp3) is 0.500. The van der Waals surface area contributed by atoms with Crippen molar-refractivity contribution >= 4 is 5.91 Å². The van der Waals surface area contributed by atoms with Gasteiger partial charge in [0.25, 0.3) is 5.91 Å². The Bertz CT molecular complexity index is 660. The predicted octanol–water partition coefficient (Wildman–Crippen LogP) is 3.08. The van der Waals surface area contributed by atoms with Gasteiger partial charge in [0.1, 0.15) is 5.82 Å². The summed E-state index contributed by atoms with van der Waals surface area (Å²) in [6.45, 7) is -11.1. The second-order valence-corrected chi connectivity index (χ2v) is 4.07. The maximum absolute atomic E-state index is 13.2. The van der Waals surface area contributed by atoms with E-state index in [1.807, 2.05) is 0 Å². The second-order valence-electron chi connectivity index (χ2n) is 4.07. The number of rotatable bonds is 1. The van der Waals surface area contributed by atoms with E-state index in [0.29, 0.717) is 10.6 Å². The molecule has 4 heteroatoms. The first-order valence-corrected chi connectivity index (χ1v) is 5.36. The van der Waals surface area contributed by atoms with E-state index in [0.717, 1.165) is 12.1 Å². The van der Waals surface area contributed by atoms with Crippen LogP contribution >= 0.6 is 0 Å². The van der Waals surface area contributed by atoms with Crippen molar-refractivity contribution in [2.75, 3.05) is 6.61 Å². The van der Waals surface area contributed by atoms with Crippen molar-refractivity contribution in [3.05, 3.63) is 35.6 Å². The van der Waals surface area contributed by atoms with E-state index in [9.17, 15) is 9.18 Å². The smallest absolute Gasteiger partial charge is 0.252 e. The molecule has 0 bridgehead atoms. The molecule has 0 aromatic heterocycles. The van der Waals surface area contributed by atoms with E-state index >= 15 is 0 Å². The van der Waals surface area contributed by atoms with E-state index < -0.39 is 43.7 Å². The normalized spacial score (nSPS) is 29.7. The van der Waals surface area contributed by atoms with Gasteiger partial charge in [-0.15, -0.1) is 0 Å². The monoisotopic (exact) mass is 260 g/mol. The molecular weight excluding hydrogens is 233 g/mol. The van der Waals surface area contributed by atoms with Crippen LogP contribution in [0.25, 0.3) is 0 Å². The first kappa shape index (κ1) is 5.70. The Morgan fingerprint density at radius 2 is 2.11 bits per heavy atom. The number of carbonyl (C=O) groups is 1. The molecule has 1 aromatic carbocycles. The molecule has 1 saturated heterocycles. The van der Waals surface area contributed by atoms with Crippen LogP contribution in [0.15, 0.2) is 24.3 Å². The van der Waals surface area contributed by atoms with Gasteiger partial charge >= 0.3 is 0 Å². The molecule has 0 N–H and O–H groups in total. The average Bonchev–Trinajstić information content (AvgIpc) is 2.93. The highest BCUT2D eigenvalue weighted by molar-refractivity contribution is 5.81. The van der Waals surface area contributed by atoms with Crippen molar-refractivity contribution in [3.8, 4) is 0 Å². The van der Waals surface area contributed by atoms with Gasteiger partial charge in [-0.05, 0) is 17.7 Å². The summed E-state index contributed by atoms with van der Waals surface area (Å²) in [4.78, 5) is 18.2. The fourth-order valence-corrected chi connectivity index (χ4v) is 1.82. The minimum absolute atomic E-state index is 0.0626. The quantitative estimate of drug-likeness (QED) is 0.776. The highest BCUT2D eigenvalue weighted by atomic mass is 19.1. The molecule has 1 atom stereocenters. The molecule has 3 nitrogen and oxygen atoms in total. The standard InChI is InChI=1S/C14H18FNO2/c1-14(2,3)13(17)16-12(8-9-18-16)10-4-6-11(15)7-5-10/h4-7,12H,8-9H2,1-3H3/t12-/m0/s1/i1D3,2D3,3D3. The molecule has 1 aromatic rings. The van der Waals surface area contributed by atoms with Crippen LogP contribution in [0.2, 0.25) is 0 Å². The minimum Gasteiger partial charge on any atom is -0.272 e. The summed E-state index contributed by atoms with van der Waals surface area (Å²) in [6, 6.07) is 3.94. The second kappa shape index (κ2) is 4.69. The summed E-state index contributed by atoms with van der Waals surface area (Å²) in [6.07, 6.45) is 0.163. The molecule has 0 radical (unpaired) electrons. The van der Waals surface area contributed by atoms with Gasteiger partial charge in [-0.1, -0.05) is 32.7 Å². The summed E-state index contributed by atoms with van der Waals surface area (Å²) >= 11 is 0. The molecule has 0 saturated carbocycles. The molecular formula is C14H18FNO2. The van der Waals surface area contributed by atoms with Crippen molar-refractivity contribution in [1.29, 1.82) is 0 Å². The largest absolute Gasteiger partial charge is 0.272 e. The Hall–Kier alpha value is -1.42. The van der Waals surface area contributed by atoms with Gasteiger partial charge < -0.3 is 0 Å². The third-order valence-electron chi connectivity index (χ3n) is 2.68. The van der Waals surface area contributed by atoms with Crippen LogP contribution in [0.4, 0.5) is 4.39 Å². The zero-order chi connectivity index (χ0) is 20.8. The number of benzene rings is 1. The zero-order valence-electron chi connectivity index (χ0n) is 18.4. The van der Waals surface area contributed by atoms with Crippen LogP contribution in [0.3, 0.4) is 0 Å². The molecule has 1 amide bonds. The maximum atomic E-state index is 13.2. The van der Waals surface area contributed by atoms with Crippen molar-refractivity contribution < 1.29 is 26.4 Å². The molecule has 0 unspecified atom stereocenters. The van der Waals surface area contributed by atoms with Gasteiger partial charge in [0, 0.05) is 24.2 Å². The zero-order valence-corrected chi connectivity index (χ0v) is 9.44. The van der Waals surface area contributed by atoms with Gasteiger partial charge in [0.2, 0.25) is 0 Å². The highest BCUT2D eigenvalue weighted by Gasteiger charge is 2.37. The van der Waals surface area contributed by atoms with Crippen LogP contribution in [-0.2, 0) is 9.63 Å². The lowest BCUT2D eigenvalue weighted by Crippen LogP contribution is -2.38. The van der Waals surface area contributed by atoms with E-state index in [4.69, 9.17) is 17.2 Å². The predicted molar refractivity (Wildman–Crippen MR) is 66.0 cm³/mol. The van der Waals surface area contributed by atoms with Crippen molar-refractivity contribution in [2.24, 2.45) is 5.41 Å². The molecule has 0 aliphatic carbocycles. The Balaban J connectivity index is 2.59. The summed E-state index contributed by atoms with van der Waals surface area (Å²) < 4.78 is 81.6. The van der Waals surface area contributed by atoms with Gasteiger partial charge in [-0.3, -0.25) is 9.63 Å². The summed E-state index contributed by atoms with van der Waals surface area (Å²) in [7, 11) is 0. The van der Waals surface area contributed by atoms with Crippen LogP contribution in [0.5, 0.6) is 0 Å². The number of carbonyl (C=O) groups excluding carboxylic acids is 1. The van der Waals surface area contributed by atoms with Gasteiger partial charge in [0.05, 0.1) is 12.6 Å². The van der Waals surface area contributed by atoms with E-state index in [1.165, 1.54) is 12.1 Å². The summed E-state index contributed by atoms with van der Waals surface area (Å²) in [5.74, 6) is -2.22. The van der Waals surface area contributed by atoms with Crippen LogP contribution in [0.1, 0.15) is 50.9 Å². The molecule has 1 aliphatic heterocycles. The lowest BCUT2D eigenvalue weighted by Gasteiger charge is -2.29. The number of hydroxylamine groups is 2. The molecule has 98 valence electrons. The summed E-state index contributed by atoms with van der Waals surface area (Å²) in [5.41, 5.74) is -3.31. The number of hydrogen-bond acceptors (Lipinski definition) is 2. The van der Waals surface area contributed by atoms with Gasteiger partial charge in [-0.2, -0.15) is 0 Å². The first-order valence-electron chi connectivity index (χ1n) is 9.86.